The molecule has 1 aliphatic heterocycles. The number of carbonyl (C=O) groups is 2. The van der Waals surface area contributed by atoms with Gasteiger partial charge >= 0.3 is 6.09 Å². The van der Waals surface area contributed by atoms with Crippen molar-refractivity contribution < 1.29 is 23.6 Å². The van der Waals surface area contributed by atoms with Crippen LogP contribution in [0.5, 0.6) is 0 Å². The fourth-order valence-electron chi connectivity index (χ4n) is 2.58. The number of hydrogen-bond donors (Lipinski definition) is 1. The molecule has 1 heterocycles. The van der Waals surface area contributed by atoms with Gasteiger partial charge in [-0.1, -0.05) is 30.3 Å². The number of halogens is 1. The van der Waals surface area contributed by atoms with E-state index in [1.54, 1.807) is 12.1 Å². The fraction of sp³-hybridized carbons (Fsp3) is 0.222. The SMILES string of the molecule is O=C(Nc1cc([N+](=O)[O-])ccc1F)[C@@H]1CSCN1C(=O)OCc1ccccc1. The Balaban J connectivity index is 1.65. The Morgan fingerprint density at radius 1 is 1.29 bits per heavy atom. The maximum Gasteiger partial charge on any atom is 0.411 e. The van der Waals surface area contributed by atoms with Crippen molar-refractivity contribution in [1.29, 1.82) is 0 Å². The first-order valence-corrected chi connectivity index (χ1v) is 9.41. The number of non-ortho nitro benzene ring substituents is 1. The zero-order chi connectivity index (χ0) is 20.1. The van der Waals surface area contributed by atoms with Crippen LogP contribution in [0.4, 0.5) is 20.6 Å². The maximum atomic E-state index is 13.9. The minimum atomic E-state index is -0.869. The van der Waals surface area contributed by atoms with Crippen molar-refractivity contribution >= 4 is 35.1 Å². The molecular formula is C18H16FN3O5S. The van der Waals surface area contributed by atoms with Crippen molar-refractivity contribution in [2.75, 3.05) is 16.9 Å². The Labute approximate surface area is 163 Å². The highest BCUT2D eigenvalue weighted by molar-refractivity contribution is 7.99. The monoisotopic (exact) mass is 405 g/mol. The van der Waals surface area contributed by atoms with Crippen LogP contribution in [-0.4, -0.2) is 39.5 Å². The summed E-state index contributed by atoms with van der Waals surface area (Å²) in [5.74, 6) is -0.879. The molecule has 2 aromatic rings. The number of hydrogen-bond acceptors (Lipinski definition) is 6. The van der Waals surface area contributed by atoms with E-state index in [0.29, 0.717) is 5.75 Å². The van der Waals surface area contributed by atoms with Crippen LogP contribution in [0.2, 0.25) is 0 Å². The number of anilines is 1. The fourth-order valence-corrected chi connectivity index (χ4v) is 3.72. The molecule has 3 rings (SSSR count). The van der Waals surface area contributed by atoms with Crippen LogP contribution in [0.25, 0.3) is 0 Å². The lowest BCUT2D eigenvalue weighted by atomic mass is 10.2. The van der Waals surface area contributed by atoms with Gasteiger partial charge in [0.1, 0.15) is 18.5 Å². The van der Waals surface area contributed by atoms with Crippen LogP contribution in [-0.2, 0) is 16.1 Å². The molecule has 0 saturated carbocycles. The Morgan fingerprint density at radius 2 is 2.04 bits per heavy atom. The van der Waals surface area contributed by atoms with Crippen molar-refractivity contribution in [3.05, 3.63) is 70.0 Å². The van der Waals surface area contributed by atoms with E-state index >= 15 is 0 Å². The summed E-state index contributed by atoms with van der Waals surface area (Å²) in [7, 11) is 0. The number of carbonyl (C=O) groups excluding carboxylic acids is 2. The quantitative estimate of drug-likeness (QED) is 0.604. The lowest BCUT2D eigenvalue weighted by molar-refractivity contribution is -0.384. The van der Waals surface area contributed by atoms with Gasteiger partial charge in [-0.15, -0.1) is 11.8 Å². The van der Waals surface area contributed by atoms with Crippen molar-refractivity contribution in [2.45, 2.75) is 12.6 Å². The molecule has 0 spiro atoms. The van der Waals surface area contributed by atoms with E-state index in [0.717, 1.165) is 23.8 Å². The van der Waals surface area contributed by atoms with Crippen LogP contribution in [0.15, 0.2) is 48.5 Å². The molecule has 2 aromatic carbocycles. The molecule has 2 amide bonds. The van der Waals surface area contributed by atoms with E-state index in [2.05, 4.69) is 5.32 Å². The first-order chi connectivity index (χ1) is 13.5. The smallest absolute Gasteiger partial charge is 0.411 e. The van der Waals surface area contributed by atoms with E-state index in [-0.39, 0.29) is 23.9 Å². The van der Waals surface area contributed by atoms with Crippen molar-refractivity contribution in [1.82, 2.24) is 4.90 Å². The Hall–Kier alpha value is -3.14. The second-order valence-corrected chi connectivity index (χ2v) is 6.94. The van der Waals surface area contributed by atoms with Gasteiger partial charge in [0.15, 0.2) is 0 Å². The molecule has 1 N–H and O–H groups in total. The van der Waals surface area contributed by atoms with Crippen molar-refractivity contribution in [3.63, 3.8) is 0 Å². The summed E-state index contributed by atoms with van der Waals surface area (Å²) in [6.45, 7) is 0.0642. The summed E-state index contributed by atoms with van der Waals surface area (Å²) in [6.07, 6.45) is -0.659. The molecule has 0 aromatic heterocycles. The highest BCUT2D eigenvalue weighted by atomic mass is 32.2. The molecule has 0 radical (unpaired) electrons. The largest absolute Gasteiger partial charge is 0.445 e. The third-order valence-electron chi connectivity index (χ3n) is 4.04. The number of rotatable bonds is 5. The summed E-state index contributed by atoms with van der Waals surface area (Å²) in [5.41, 5.74) is 0.146. The van der Waals surface area contributed by atoms with E-state index in [1.807, 2.05) is 18.2 Å². The zero-order valence-electron chi connectivity index (χ0n) is 14.5. The van der Waals surface area contributed by atoms with Crippen LogP contribution in [0.1, 0.15) is 5.56 Å². The summed E-state index contributed by atoms with van der Waals surface area (Å²) in [5, 5.41) is 13.2. The molecule has 146 valence electrons. The third kappa shape index (κ3) is 4.58. The molecule has 1 aliphatic rings. The number of amides is 2. The van der Waals surface area contributed by atoms with Gasteiger partial charge in [0.25, 0.3) is 5.69 Å². The summed E-state index contributed by atoms with van der Waals surface area (Å²) < 4.78 is 19.1. The van der Waals surface area contributed by atoms with Gasteiger partial charge in [-0.25, -0.2) is 9.18 Å². The van der Waals surface area contributed by atoms with E-state index in [4.69, 9.17) is 4.74 Å². The predicted molar refractivity (Wildman–Crippen MR) is 101 cm³/mol. The molecule has 0 bridgehead atoms. The van der Waals surface area contributed by atoms with Crippen molar-refractivity contribution in [2.24, 2.45) is 0 Å². The van der Waals surface area contributed by atoms with Gasteiger partial charge in [-0.2, -0.15) is 0 Å². The Bertz CT molecular complexity index is 896. The average Bonchev–Trinajstić information content (AvgIpc) is 3.18. The van der Waals surface area contributed by atoms with Crippen LogP contribution < -0.4 is 5.32 Å². The zero-order valence-corrected chi connectivity index (χ0v) is 15.4. The maximum absolute atomic E-state index is 13.9. The summed E-state index contributed by atoms with van der Waals surface area (Å²) in [6, 6.07) is 11.1. The van der Waals surface area contributed by atoms with Gasteiger partial charge in [-0.05, 0) is 11.6 Å². The molecule has 8 nitrogen and oxygen atoms in total. The molecule has 1 atom stereocenters. The Kier molecular flexibility index (Phi) is 6.09. The van der Waals surface area contributed by atoms with Crippen LogP contribution >= 0.6 is 11.8 Å². The number of nitro groups is 1. The first kappa shape index (κ1) is 19.6. The van der Waals surface area contributed by atoms with Crippen LogP contribution in [0.3, 0.4) is 0 Å². The van der Waals surface area contributed by atoms with Crippen LogP contribution in [0, 0.1) is 15.9 Å². The standard InChI is InChI=1S/C18H16FN3O5S/c19-14-7-6-13(22(25)26)8-15(14)20-17(23)16-10-28-11-21(16)18(24)27-9-12-4-2-1-3-5-12/h1-8,16H,9-11H2,(H,20,23)/t16-/m0/s1. The number of thioether (sulfide) groups is 1. The lowest BCUT2D eigenvalue weighted by Gasteiger charge is -2.22. The predicted octanol–water partition coefficient (Wildman–Crippen LogP) is 3.38. The molecule has 1 fully saturated rings. The number of nitrogens with zero attached hydrogens (tertiary/aromatic N) is 2. The third-order valence-corrected chi connectivity index (χ3v) is 5.06. The van der Waals surface area contributed by atoms with E-state index < -0.39 is 28.8 Å². The second-order valence-electron chi connectivity index (χ2n) is 5.94. The molecule has 0 aliphatic carbocycles. The number of nitrogens with one attached hydrogen (secondary N) is 1. The second kappa shape index (κ2) is 8.70. The highest BCUT2D eigenvalue weighted by Gasteiger charge is 2.36. The van der Waals surface area contributed by atoms with Gasteiger partial charge in [-0.3, -0.25) is 19.8 Å². The summed E-state index contributed by atoms with van der Waals surface area (Å²) >= 11 is 1.35. The highest BCUT2D eigenvalue weighted by Crippen LogP contribution is 2.25. The molecule has 0 unspecified atom stereocenters. The minimum absolute atomic E-state index is 0.0642. The normalized spacial score (nSPS) is 15.9. The molecular weight excluding hydrogens is 389 g/mol. The van der Waals surface area contributed by atoms with Crippen molar-refractivity contribution in [3.8, 4) is 0 Å². The van der Waals surface area contributed by atoms with Gasteiger partial charge in [0.2, 0.25) is 5.91 Å². The van der Waals surface area contributed by atoms with Gasteiger partial charge < -0.3 is 10.1 Å². The van der Waals surface area contributed by atoms with E-state index in [9.17, 15) is 24.1 Å². The summed E-state index contributed by atoms with van der Waals surface area (Å²) in [4.78, 5) is 36.3. The lowest BCUT2D eigenvalue weighted by Crippen LogP contribution is -2.44. The topological polar surface area (TPSA) is 102 Å². The molecule has 10 heteroatoms. The van der Waals surface area contributed by atoms with Gasteiger partial charge in [0.05, 0.1) is 16.5 Å². The van der Waals surface area contributed by atoms with E-state index in [1.165, 1.54) is 16.7 Å². The number of nitro benzene ring substituents is 1. The minimum Gasteiger partial charge on any atom is -0.445 e. The number of benzene rings is 2. The first-order valence-electron chi connectivity index (χ1n) is 8.25. The number of ether oxygens (including phenoxy) is 1. The Morgan fingerprint density at radius 3 is 2.75 bits per heavy atom. The van der Waals surface area contributed by atoms with Gasteiger partial charge in [0, 0.05) is 17.9 Å². The molecule has 28 heavy (non-hydrogen) atoms. The average molecular weight is 405 g/mol. The molecule has 1 saturated heterocycles.